The average molecular weight is 614 g/mol. The Morgan fingerprint density at radius 2 is 0.914 bits per heavy atom. The van der Waals surface area contributed by atoms with Gasteiger partial charge in [0.25, 0.3) is 0 Å². The van der Waals surface area contributed by atoms with Gasteiger partial charge >= 0.3 is 32.7 Å². The third-order valence-electron chi connectivity index (χ3n) is 8.77. The summed E-state index contributed by atoms with van der Waals surface area (Å²) in [7, 11) is -2.92. The smallest absolute Gasteiger partial charge is 0.358 e. The van der Waals surface area contributed by atoms with Crippen LogP contribution in [0.15, 0.2) is 4.74 Å². The van der Waals surface area contributed by atoms with Crippen LogP contribution in [-0.4, -0.2) is 40.7 Å². The van der Waals surface area contributed by atoms with Crippen LogP contribution in [0.1, 0.15) is 66.2 Å². The zero-order valence-corrected chi connectivity index (χ0v) is 32.0. The zero-order valence-electron chi connectivity index (χ0n) is 26.2. The molecule has 0 aromatic heterocycles. The molecule has 0 saturated heterocycles. The molecule has 0 aliphatic heterocycles. The van der Waals surface area contributed by atoms with Gasteiger partial charge in [-0.3, -0.25) is 4.74 Å². The van der Waals surface area contributed by atoms with Crippen molar-refractivity contribution in [2.75, 3.05) is 13.3 Å². The third kappa shape index (κ3) is 11.0. The molecule has 5 saturated carbocycles. The molecule has 0 aromatic rings. The van der Waals surface area contributed by atoms with E-state index in [9.17, 15) is 0 Å². The normalized spacial score (nSPS) is 39.8. The van der Waals surface area contributed by atoms with Crippen molar-refractivity contribution in [3.8, 4) is 0 Å². The average Bonchev–Trinajstić information content (AvgIpc) is 2.73. The van der Waals surface area contributed by atoms with Gasteiger partial charge in [-0.05, 0) is 106 Å². The first-order chi connectivity index (χ1) is 14.7. The van der Waals surface area contributed by atoms with Crippen molar-refractivity contribution in [3.05, 3.63) is 20.5 Å². The van der Waals surface area contributed by atoms with Crippen molar-refractivity contribution in [1.29, 1.82) is 0 Å². The monoisotopic (exact) mass is 613 g/mol. The quantitative estimate of drug-likeness (QED) is 0.167. The summed E-state index contributed by atoms with van der Waals surface area (Å²) < 4.78 is 5.86. The van der Waals surface area contributed by atoms with E-state index in [4.69, 9.17) is 4.74 Å². The summed E-state index contributed by atoms with van der Waals surface area (Å²) in [6, 6.07) is 0. The van der Waals surface area contributed by atoms with E-state index in [2.05, 4.69) is 93.4 Å². The largest absolute Gasteiger partial charge is 3.00 e. The molecule has 4 bridgehead atoms. The number of nitrogens with zero attached hydrogens (tertiary/aromatic N) is 1. The van der Waals surface area contributed by atoms with E-state index < -0.39 is 23.2 Å². The van der Waals surface area contributed by atoms with Gasteiger partial charge in [-0.2, -0.15) is 0 Å². The fourth-order valence-corrected chi connectivity index (χ4v) is 12.3. The van der Waals surface area contributed by atoms with E-state index >= 15 is 0 Å². The number of hydrogen-bond donors (Lipinski definition) is 0. The van der Waals surface area contributed by atoms with Crippen molar-refractivity contribution in [2.24, 2.45) is 46.2 Å². The van der Waals surface area contributed by atoms with Crippen molar-refractivity contribution < 1.29 is 32.7 Å². The summed E-state index contributed by atoms with van der Waals surface area (Å²) >= 11 is 0. The molecule has 0 spiro atoms. The van der Waals surface area contributed by atoms with Gasteiger partial charge < -0.3 is 20.5 Å². The second-order valence-electron chi connectivity index (χ2n) is 15.8. The van der Waals surface area contributed by atoms with Gasteiger partial charge in [-0.25, -0.2) is 0 Å². The summed E-state index contributed by atoms with van der Waals surface area (Å²) in [4.78, 5) is 0. The summed E-state index contributed by atoms with van der Waals surface area (Å²) in [5.74, 6) is 6.56. The Morgan fingerprint density at radius 1 is 0.657 bits per heavy atom. The number of rotatable bonds is 2. The van der Waals surface area contributed by atoms with Crippen molar-refractivity contribution in [3.63, 3.8) is 0 Å². The van der Waals surface area contributed by atoms with Crippen LogP contribution in [0.4, 0.5) is 0 Å². The molecule has 35 heavy (non-hydrogen) atoms. The van der Waals surface area contributed by atoms with Gasteiger partial charge in [-0.15, -0.1) is 16.1 Å². The maximum atomic E-state index is 5.86. The Bertz CT molecular complexity index is 629. The van der Waals surface area contributed by atoms with Crippen molar-refractivity contribution in [1.82, 2.24) is 0 Å². The molecule has 0 aromatic carbocycles. The molecular weight excluding hydrogens is 550 g/mol. The Labute approximate surface area is 250 Å². The summed E-state index contributed by atoms with van der Waals surface area (Å²) in [5, 5.41) is 0. The second-order valence-corrected chi connectivity index (χ2v) is 29.8. The van der Waals surface area contributed by atoms with Crippen LogP contribution in [0, 0.1) is 61.9 Å². The summed E-state index contributed by atoms with van der Waals surface area (Å²) in [6.07, 6.45) is 8.96. The van der Waals surface area contributed by atoms with Crippen LogP contribution in [0.5, 0.6) is 0 Å². The Balaban J connectivity index is 0.000000827. The summed E-state index contributed by atoms with van der Waals surface area (Å²) in [6.45, 7) is 36.4. The third-order valence-corrected chi connectivity index (χ3v) is 12.1. The topological polar surface area (TPSA) is 12.4 Å². The second kappa shape index (κ2) is 13.4. The van der Waals surface area contributed by atoms with Gasteiger partial charge in [0.05, 0.1) is 5.54 Å². The van der Waals surface area contributed by atoms with E-state index in [1.165, 1.54) is 38.5 Å². The molecule has 5 rings (SSSR count). The first-order valence-corrected chi connectivity index (χ1v) is 24.1. The fraction of sp³-hybridized carbons (Fsp3) is 0.900. The van der Waals surface area contributed by atoms with Crippen LogP contribution < -0.4 is 0 Å². The fourth-order valence-electron chi connectivity index (χ4n) is 8.01. The van der Waals surface area contributed by atoms with E-state index in [1.807, 2.05) is 0 Å². The Kier molecular flexibility index (Phi) is 14.1. The molecule has 1 nitrogen and oxygen atoms in total. The molecule has 0 amide bonds. The van der Waals surface area contributed by atoms with Gasteiger partial charge in [0, 0.05) is 0 Å². The molecule has 0 N–H and O–H groups in total. The molecule has 0 heterocycles. The minimum absolute atomic E-state index is 0. The molecule has 5 heteroatoms. The molecule has 0 radical (unpaired) electrons. The molecular formula is C30H63NPSi2Y. The van der Waals surface area contributed by atoms with Crippen LogP contribution in [0.25, 0.3) is 0 Å². The minimum Gasteiger partial charge on any atom is -0.358 e. The predicted octanol–water partition coefficient (Wildman–Crippen LogP) is 10.2. The minimum atomic E-state index is -1.20. The van der Waals surface area contributed by atoms with E-state index in [0.29, 0.717) is 5.54 Å². The number of hydrogen-bond acceptors (Lipinski definition) is 1. The molecule has 4 atom stereocenters. The molecule has 5 aliphatic rings. The predicted molar refractivity (Wildman–Crippen MR) is 166 cm³/mol. The van der Waals surface area contributed by atoms with Crippen LogP contribution in [0.2, 0.25) is 39.3 Å². The van der Waals surface area contributed by atoms with Gasteiger partial charge in [-0.1, -0.05) is 67.0 Å². The molecule has 5 aliphatic carbocycles. The standard InChI is InChI=1S/C21H38NP.2C4H11Si.CH3.Y/c1-13-14(2)16(4)20(15(13)3)23(5,6)22-21-10-17-7-18(11-21)9-19(8-17)12-21;2*1-5(2,3)4;;/h13-20H,7-12H2,1-6H3;2*1H2,2-4H3;1H3;/q;3*-1;+3. The Morgan fingerprint density at radius 3 is 1.17 bits per heavy atom. The van der Waals surface area contributed by atoms with Crippen LogP contribution in [0.3, 0.4) is 0 Å². The molecule has 4 unspecified atom stereocenters. The van der Waals surface area contributed by atoms with Crippen molar-refractivity contribution in [2.45, 2.75) is 117 Å². The maximum absolute atomic E-state index is 5.86. The van der Waals surface area contributed by atoms with Gasteiger partial charge in [0.15, 0.2) is 0 Å². The van der Waals surface area contributed by atoms with Gasteiger partial charge in [0.2, 0.25) is 0 Å². The molecule has 5 fully saturated rings. The Hall–Kier alpha value is 1.77. The summed E-state index contributed by atoms with van der Waals surface area (Å²) in [5.41, 5.74) is 1.29. The maximum Gasteiger partial charge on any atom is 3.00 e. The first-order valence-electron chi connectivity index (χ1n) is 14.0. The van der Waals surface area contributed by atoms with E-state index in [-0.39, 0.29) is 40.1 Å². The van der Waals surface area contributed by atoms with E-state index in [1.54, 1.807) is 0 Å². The van der Waals surface area contributed by atoms with Gasteiger partial charge in [0.1, 0.15) is 0 Å². The SMILES string of the molecule is CC1C(C)C(C)C(P(C)(C)=NC23CC4CC(CC(C4)C2)C3)C1C.[CH2-][Si](C)(C)C.[CH2-][Si](C)(C)C.[CH3-].[Y+3]. The van der Waals surface area contributed by atoms with Crippen LogP contribution >= 0.6 is 7.05 Å². The van der Waals surface area contributed by atoms with E-state index in [0.717, 1.165) is 47.1 Å². The molecule has 204 valence electrons. The van der Waals surface area contributed by atoms with Crippen LogP contribution in [-0.2, 0) is 32.7 Å². The zero-order chi connectivity index (χ0) is 25.6. The van der Waals surface area contributed by atoms with Crippen molar-refractivity contribution >= 4 is 23.2 Å². The first kappa shape index (κ1) is 36.8.